The first-order valence-corrected chi connectivity index (χ1v) is 10.4. The number of amides is 1. The van der Waals surface area contributed by atoms with Gasteiger partial charge in [-0.15, -0.1) is 11.3 Å². The zero-order chi connectivity index (χ0) is 20.1. The van der Waals surface area contributed by atoms with Crippen molar-refractivity contribution >= 4 is 27.5 Å². The van der Waals surface area contributed by atoms with E-state index in [0.29, 0.717) is 23.2 Å². The van der Waals surface area contributed by atoms with Gasteiger partial charge >= 0.3 is 5.69 Å². The van der Waals surface area contributed by atoms with Crippen molar-refractivity contribution in [2.24, 2.45) is 0 Å². The predicted octanol–water partition coefficient (Wildman–Crippen LogP) is 2.77. The number of carbonyl (C=O) groups is 1. The SMILES string of the molecule is CCCn1c(=O)c2sccc2n(CC(=O)N[C@H](C)CCc2ccccc2)c1=O. The van der Waals surface area contributed by atoms with Crippen molar-refractivity contribution in [2.45, 2.75) is 52.2 Å². The molecule has 0 aliphatic carbocycles. The minimum atomic E-state index is -0.426. The maximum Gasteiger partial charge on any atom is 0.332 e. The standard InChI is InChI=1S/C21H25N3O3S/c1-3-12-23-20(26)19-17(11-13-28-19)24(21(23)27)14-18(25)22-15(2)9-10-16-7-5-4-6-8-16/h4-8,11,13,15H,3,9-10,12,14H2,1-2H3,(H,22,25)/t15-/m1/s1. The lowest BCUT2D eigenvalue weighted by molar-refractivity contribution is -0.122. The molecule has 0 saturated heterocycles. The van der Waals surface area contributed by atoms with E-state index in [1.807, 2.05) is 32.0 Å². The van der Waals surface area contributed by atoms with Crippen LogP contribution in [-0.2, 0) is 24.3 Å². The summed E-state index contributed by atoms with van der Waals surface area (Å²) in [6, 6.07) is 11.8. The number of rotatable bonds is 8. The molecule has 3 aromatic rings. The van der Waals surface area contributed by atoms with Gasteiger partial charge in [-0.1, -0.05) is 37.3 Å². The molecule has 0 bridgehead atoms. The Hall–Kier alpha value is -2.67. The lowest BCUT2D eigenvalue weighted by atomic mass is 10.1. The highest BCUT2D eigenvalue weighted by atomic mass is 32.1. The van der Waals surface area contributed by atoms with Crippen LogP contribution in [0.4, 0.5) is 0 Å². The summed E-state index contributed by atoms with van der Waals surface area (Å²) in [7, 11) is 0. The molecule has 0 unspecified atom stereocenters. The normalized spacial score (nSPS) is 12.2. The quantitative estimate of drug-likeness (QED) is 0.633. The van der Waals surface area contributed by atoms with Crippen LogP contribution in [0.25, 0.3) is 10.2 Å². The molecule has 0 aliphatic rings. The molecular weight excluding hydrogens is 374 g/mol. The number of hydrogen-bond donors (Lipinski definition) is 1. The maximum absolute atomic E-state index is 12.8. The topological polar surface area (TPSA) is 73.1 Å². The largest absolute Gasteiger partial charge is 0.352 e. The van der Waals surface area contributed by atoms with Crippen LogP contribution in [0, 0.1) is 0 Å². The molecule has 7 heteroatoms. The summed E-state index contributed by atoms with van der Waals surface area (Å²) >= 11 is 1.30. The second-order valence-electron chi connectivity index (χ2n) is 6.95. The highest BCUT2D eigenvalue weighted by Gasteiger charge is 2.16. The van der Waals surface area contributed by atoms with Gasteiger partial charge in [-0.25, -0.2) is 4.79 Å². The van der Waals surface area contributed by atoms with Crippen molar-refractivity contribution in [3.8, 4) is 0 Å². The van der Waals surface area contributed by atoms with Gasteiger partial charge in [0, 0.05) is 12.6 Å². The van der Waals surface area contributed by atoms with E-state index in [-0.39, 0.29) is 24.1 Å². The van der Waals surface area contributed by atoms with E-state index in [9.17, 15) is 14.4 Å². The second-order valence-corrected chi connectivity index (χ2v) is 7.87. The average molecular weight is 400 g/mol. The molecule has 1 aromatic carbocycles. The number of hydrogen-bond acceptors (Lipinski definition) is 4. The van der Waals surface area contributed by atoms with Gasteiger partial charge in [0.05, 0.1) is 5.52 Å². The van der Waals surface area contributed by atoms with E-state index < -0.39 is 5.69 Å². The van der Waals surface area contributed by atoms with Crippen LogP contribution in [0.1, 0.15) is 32.3 Å². The van der Waals surface area contributed by atoms with Gasteiger partial charge in [0.1, 0.15) is 11.2 Å². The molecule has 1 atom stereocenters. The number of thiophene rings is 1. The summed E-state index contributed by atoms with van der Waals surface area (Å²) in [5.74, 6) is -0.225. The van der Waals surface area contributed by atoms with Gasteiger partial charge in [0.15, 0.2) is 0 Å². The summed E-state index contributed by atoms with van der Waals surface area (Å²) in [6.07, 6.45) is 2.36. The Kier molecular flexibility index (Phi) is 6.46. The highest BCUT2D eigenvalue weighted by Crippen LogP contribution is 2.15. The number of carbonyl (C=O) groups excluding carboxylic acids is 1. The van der Waals surface area contributed by atoms with Gasteiger partial charge in [-0.05, 0) is 43.2 Å². The first-order valence-electron chi connectivity index (χ1n) is 9.55. The fraction of sp³-hybridized carbons (Fsp3) is 0.381. The molecule has 0 spiro atoms. The average Bonchev–Trinajstić information content (AvgIpc) is 3.18. The van der Waals surface area contributed by atoms with Gasteiger partial charge in [0.25, 0.3) is 5.56 Å². The molecule has 0 aliphatic heterocycles. The van der Waals surface area contributed by atoms with Crippen molar-refractivity contribution in [1.29, 1.82) is 0 Å². The smallest absolute Gasteiger partial charge is 0.332 e. The zero-order valence-corrected chi connectivity index (χ0v) is 17.0. The van der Waals surface area contributed by atoms with E-state index in [2.05, 4.69) is 17.4 Å². The maximum atomic E-state index is 12.8. The molecule has 2 heterocycles. The summed E-state index contributed by atoms with van der Waals surface area (Å²) < 4.78 is 3.14. The molecule has 1 N–H and O–H groups in total. The van der Waals surface area contributed by atoms with Crippen LogP contribution in [0.2, 0.25) is 0 Å². The van der Waals surface area contributed by atoms with Crippen molar-refractivity contribution in [2.75, 3.05) is 0 Å². The number of aryl methyl sites for hydroxylation is 1. The molecule has 6 nitrogen and oxygen atoms in total. The fourth-order valence-electron chi connectivity index (χ4n) is 3.27. The van der Waals surface area contributed by atoms with E-state index in [1.54, 1.807) is 11.4 Å². The molecule has 28 heavy (non-hydrogen) atoms. The molecular formula is C21H25N3O3S. The minimum Gasteiger partial charge on any atom is -0.352 e. The van der Waals surface area contributed by atoms with Crippen molar-refractivity contribution in [3.05, 3.63) is 68.2 Å². The summed E-state index contributed by atoms with van der Waals surface area (Å²) in [5.41, 5.74) is 1.06. The molecule has 0 radical (unpaired) electrons. The third-order valence-electron chi connectivity index (χ3n) is 4.70. The van der Waals surface area contributed by atoms with Gasteiger partial charge in [-0.3, -0.25) is 18.7 Å². The van der Waals surface area contributed by atoms with Gasteiger partial charge < -0.3 is 5.32 Å². The van der Waals surface area contributed by atoms with E-state index in [0.717, 1.165) is 12.8 Å². The van der Waals surface area contributed by atoms with E-state index in [1.165, 1.54) is 26.0 Å². The molecule has 3 rings (SSSR count). The highest BCUT2D eigenvalue weighted by molar-refractivity contribution is 7.17. The zero-order valence-electron chi connectivity index (χ0n) is 16.2. The van der Waals surface area contributed by atoms with Gasteiger partial charge in [0.2, 0.25) is 5.91 Å². The van der Waals surface area contributed by atoms with Gasteiger partial charge in [-0.2, -0.15) is 0 Å². The second kappa shape index (κ2) is 9.01. The number of nitrogens with zero attached hydrogens (tertiary/aromatic N) is 2. The molecule has 0 fully saturated rings. The lowest BCUT2D eigenvalue weighted by Gasteiger charge is -2.16. The predicted molar refractivity (Wildman–Crippen MR) is 113 cm³/mol. The Morgan fingerprint density at radius 3 is 2.61 bits per heavy atom. The van der Waals surface area contributed by atoms with Crippen molar-refractivity contribution in [1.82, 2.24) is 14.5 Å². The Bertz CT molecular complexity index is 1070. The summed E-state index contributed by atoms with van der Waals surface area (Å²) in [4.78, 5) is 37.8. The van der Waals surface area contributed by atoms with Crippen LogP contribution in [0.15, 0.2) is 51.4 Å². The van der Waals surface area contributed by atoms with Crippen molar-refractivity contribution in [3.63, 3.8) is 0 Å². The van der Waals surface area contributed by atoms with E-state index in [4.69, 9.17) is 0 Å². The van der Waals surface area contributed by atoms with Crippen LogP contribution in [-0.4, -0.2) is 21.1 Å². The lowest BCUT2D eigenvalue weighted by Crippen LogP contribution is -2.43. The summed E-state index contributed by atoms with van der Waals surface area (Å²) in [5, 5.41) is 4.74. The van der Waals surface area contributed by atoms with Crippen molar-refractivity contribution < 1.29 is 4.79 Å². The van der Waals surface area contributed by atoms with E-state index >= 15 is 0 Å². The number of aromatic nitrogens is 2. The fourth-order valence-corrected chi connectivity index (χ4v) is 4.11. The Morgan fingerprint density at radius 2 is 1.89 bits per heavy atom. The molecule has 1 amide bonds. The first kappa shape index (κ1) is 20.1. The Morgan fingerprint density at radius 1 is 1.14 bits per heavy atom. The number of fused-ring (bicyclic) bond motifs is 1. The number of benzene rings is 1. The van der Waals surface area contributed by atoms with Crippen LogP contribution >= 0.6 is 11.3 Å². The molecule has 0 saturated carbocycles. The van der Waals surface area contributed by atoms with Crippen LogP contribution < -0.4 is 16.6 Å². The minimum absolute atomic E-state index is 0.0112. The Labute approximate surface area is 167 Å². The molecule has 2 aromatic heterocycles. The third kappa shape index (κ3) is 4.42. The van der Waals surface area contributed by atoms with Crippen LogP contribution in [0.3, 0.4) is 0 Å². The van der Waals surface area contributed by atoms with Crippen LogP contribution in [0.5, 0.6) is 0 Å². The third-order valence-corrected chi connectivity index (χ3v) is 5.59. The molecule has 148 valence electrons. The Balaban J connectivity index is 1.73. The number of nitrogens with one attached hydrogen (secondary N) is 1. The monoisotopic (exact) mass is 399 g/mol. The summed E-state index contributed by atoms with van der Waals surface area (Å²) in [6.45, 7) is 4.13. The first-order chi connectivity index (χ1) is 13.5.